The van der Waals surface area contributed by atoms with E-state index in [-0.39, 0.29) is 17.7 Å². The fourth-order valence-electron chi connectivity index (χ4n) is 5.35. The van der Waals surface area contributed by atoms with Gasteiger partial charge in [-0.1, -0.05) is 39.0 Å². The van der Waals surface area contributed by atoms with Crippen LogP contribution in [-0.2, 0) is 20.9 Å². The van der Waals surface area contributed by atoms with Gasteiger partial charge in [0, 0.05) is 18.3 Å². The molecule has 3 aliphatic rings. The fourth-order valence-corrected chi connectivity index (χ4v) is 5.35. The first-order valence-corrected chi connectivity index (χ1v) is 12.0. The Labute approximate surface area is 190 Å². The Hall–Kier alpha value is -2.35. The number of aliphatic hydroxyl groups is 1. The molecule has 1 aromatic heterocycles. The summed E-state index contributed by atoms with van der Waals surface area (Å²) in [5.74, 6) is 1.42. The van der Waals surface area contributed by atoms with Crippen LogP contribution in [0.1, 0.15) is 65.7 Å². The predicted molar refractivity (Wildman–Crippen MR) is 121 cm³/mol. The molecule has 0 bridgehead atoms. The summed E-state index contributed by atoms with van der Waals surface area (Å²) < 4.78 is 7.35. The number of carbonyl (C=O) groups is 2. The van der Waals surface area contributed by atoms with E-state index in [4.69, 9.17) is 4.74 Å². The maximum atomic E-state index is 13.6. The van der Waals surface area contributed by atoms with Gasteiger partial charge in [-0.2, -0.15) is 5.10 Å². The van der Waals surface area contributed by atoms with Crippen molar-refractivity contribution in [1.82, 2.24) is 14.7 Å². The lowest BCUT2D eigenvalue weighted by Gasteiger charge is -2.31. The van der Waals surface area contributed by atoms with Crippen molar-refractivity contribution in [3.8, 4) is 0 Å². The average molecular weight is 445 g/mol. The van der Waals surface area contributed by atoms with Gasteiger partial charge in [0.25, 0.3) is 11.8 Å². The van der Waals surface area contributed by atoms with Crippen molar-refractivity contribution >= 4 is 17.6 Å². The van der Waals surface area contributed by atoms with Crippen LogP contribution in [0, 0.1) is 11.8 Å². The predicted octanol–water partition coefficient (Wildman–Crippen LogP) is 3.08. The lowest BCUT2D eigenvalue weighted by molar-refractivity contribution is -0.136. The molecule has 2 saturated carbocycles. The smallest absolute Gasteiger partial charge is 0.251 e. The molecule has 0 aromatic carbocycles. The molecule has 2 amide bonds. The number of carbonyl (C=O) groups excluding carboxylic acids is 2. The molecule has 32 heavy (non-hydrogen) atoms. The zero-order valence-electron chi connectivity index (χ0n) is 19.5. The summed E-state index contributed by atoms with van der Waals surface area (Å²) in [6, 6.07) is 1.73. The number of hydrogen-bond acceptors (Lipinski definition) is 5. The summed E-state index contributed by atoms with van der Waals surface area (Å²) in [7, 11) is 0. The zero-order valence-corrected chi connectivity index (χ0v) is 19.5. The number of amides is 2. The van der Waals surface area contributed by atoms with Crippen molar-refractivity contribution in [1.29, 1.82) is 0 Å². The Bertz CT molecular complexity index is 881. The van der Waals surface area contributed by atoms with Crippen molar-refractivity contribution in [2.75, 3.05) is 18.5 Å². The van der Waals surface area contributed by atoms with E-state index in [1.807, 2.05) is 6.92 Å². The van der Waals surface area contributed by atoms with Crippen LogP contribution < -0.4 is 5.32 Å². The highest BCUT2D eigenvalue weighted by Crippen LogP contribution is 2.57. The van der Waals surface area contributed by atoms with Gasteiger partial charge in [-0.3, -0.25) is 14.3 Å². The van der Waals surface area contributed by atoms with Gasteiger partial charge in [0.1, 0.15) is 11.3 Å². The molecule has 1 aliphatic heterocycles. The first-order chi connectivity index (χ1) is 15.2. The second kappa shape index (κ2) is 8.89. The van der Waals surface area contributed by atoms with E-state index < -0.39 is 11.1 Å². The van der Waals surface area contributed by atoms with Gasteiger partial charge in [0.2, 0.25) is 0 Å². The number of anilines is 1. The highest BCUT2D eigenvalue weighted by Gasteiger charge is 2.67. The summed E-state index contributed by atoms with van der Waals surface area (Å²) in [6.07, 6.45) is 10.7. The Balaban J connectivity index is 1.52. The maximum absolute atomic E-state index is 13.6. The number of nitrogens with one attached hydrogen (secondary N) is 1. The molecule has 8 heteroatoms. The van der Waals surface area contributed by atoms with Crippen LogP contribution in [0.2, 0.25) is 0 Å². The quantitative estimate of drug-likeness (QED) is 0.610. The molecule has 0 radical (unpaired) electrons. The van der Waals surface area contributed by atoms with Crippen LogP contribution in [0.25, 0.3) is 0 Å². The van der Waals surface area contributed by atoms with Gasteiger partial charge in [-0.15, -0.1) is 0 Å². The summed E-state index contributed by atoms with van der Waals surface area (Å²) in [5.41, 5.74) is -1.74. The Morgan fingerprint density at radius 2 is 2.09 bits per heavy atom. The van der Waals surface area contributed by atoms with E-state index >= 15 is 0 Å². The lowest BCUT2D eigenvalue weighted by Crippen LogP contribution is -2.50. The second-order valence-corrected chi connectivity index (χ2v) is 10.2. The number of ether oxygens (including phenoxy) is 1. The monoisotopic (exact) mass is 444 g/mol. The van der Waals surface area contributed by atoms with Gasteiger partial charge >= 0.3 is 0 Å². The van der Waals surface area contributed by atoms with Crippen molar-refractivity contribution < 1.29 is 19.4 Å². The van der Waals surface area contributed by atoms with Crippen molar-refractivity contribution in [3.63, 3.8) is 0 Å². The average Bonchev–Trinajstić information content (AvgIpc) is 3.18. The lowest BCUT2D eigenvalue weighted by atomic mass is 9.84. The fraction of sp³-hybridized carbons (Fsp3) is 0.708. The first-order valence-electron chi connectivity index (χ1n) is 12.0. The molecule has 8 nitrogen and oxygen atoms in total. The van der Waals surface area contributed by atoms with Crippen LogP contribution in [-0.4, -0.2) is 55.9 Å². The van der Waals surface area contributed by atoms with Crippen LogP contribution in [0.15, 0.2) is 24.1 Å². The van der Waals surface area contributed by atoms with Gasteiger partial charge in [-0.05, 0) is 38.5 Å². The van der Waals surface area contributed by atoms with E-state index in [1.165, 1.54) is 19.3 Å². The molecule has 1 aromatic rings. The minimum Gasteiger partial charge on any atom is -0.496 e. The molecule has 0 spiro atoms. The minimum atomic E-state index is -0.903. The van der Waals surface area contributed by atoms with E-state index in [9.17, 15) is 14.7 Å². The summed E-state index contributed by atoms with van der Waals surface area (Å²) in [4.78, 5) is 28.3. The molecule has 0 saturated heterocycles. The molecule has 2 heterocycles. The van der Waals surface area contributed by atoms with E-state index in [0.717, 1.165) is 19.3 Å². The van der Waals surface area contributed by atoms with Crippen LogP contribution in [0.4, 0.5) is 5.82 Å². The van der Waals surface area contributed by atoms with Crippen LogP contribution in [0.3, 0.4) is 0 Å². The molecule has 2 N–H and O–H groups in total. The van der Waals surface area contributed by atoms with Gasteiger partial charge < -0.3 is 20.1 Å². The number of aromatic nitrogens is 2. The van der Waals surface area contributed by atoms with Crippen molar-refractivity contribution in [2.45, 2.75) is 83.4 Å². The molecule has 2 unspecified atom stereocenters. The highest BCUT2D eigenvalue weighted by atomic mass is 16.5. The van der Waals surface area contributed by atoms with E-state index in [0.29, 0.717) is 43.6 Å². The minimum absolute atomic E-state index is 0.142. The van der Waals surface area contributed by atoms with E-state index in [2.05, 4.69) is 10.4 Å². The Kier molecular flexibility index (Phi) is 6.34. The third-order valence-corrected chi connectivity index (χ3v) is 6.87. The van der Waals surface area contributed by atoms with Crippen LogP contribution >= 0.6 is 0 Å². The molecular weight excluding hydrogens is 408 g/mol. The van der Waals surface area contributed by atoms with Crippen molar-refractivity contribution in [2.24, 2.45) is 11.8 Å². The van der Waals surface area contributed by atoms with Crippen LogP contribution in [0.5, 0.6) is 0 Å². The van der Waals surface area contributed by atoms with Gasteiger partial charge in [0.15, 0.2) is 5.82 Å². The SMILES string of the molecule is CCCOC1=CC(=O)N(C2(C(=O)Nc3ccn(CC(C)(C)O)n3)CC2C2CCCCC2)C1. The Morgan fingerprint density at radius 3 is 2.78 bits per heavy atom. The number of rotatable bonds is 9. The topological polar surface area (TPSA) is 96.7 Å². The summed E-state index contributed by atoms with van der Waals surface area (Å²) in [6.45, 7) is 6.70. The third kappa shape index (κ3) is 4.70. The highest BCUT2D eigenvalue weighted by molar-refractivity contribution is 6.05. The third-order valence-electron chi connectivity index (χ3n) is 6.87. The molecule has 4 rings (SSSR count). The number of nitrogens with zero attached hydrogens (tertiary/aromatic N) is 3. The molecule has 2 fully saturated rings. The molecule has 2 aliphatic carbocycles. The van der Waals surface area contributed by atoms with Crippen molar-refractivity contribution in [3.05, 3.63) is 24.1 Å². The summed E-state index contributed by atoms with van der Waals surface area (Å²) >= 11 is 0. The molecular formula is C24H36N4O4. The van der Waals surface area contributed by atoms with Gasteiger partial charge in [0.05, 0.1) is 25.3 Å². The van der Waals surface area contributed by atoms with Gasteiger partial charge in [-0.25, -0.2) is 0 Å². The second-order valence-electron chi connectivity index (χ2n) is 10.2. The largest absolute Gasteiger partial charge is 0.496 e. The Morgan fingerprint density at radius 1 is 1.34 bits per heavy atom. The standard InChI is InChI=1S/C24H36N4O4/c1-4-12-32-18-13-21(29)28(15-18)24(14-19(24)17-8-6-5-7-9-17)22(30)25-20-10-11-27(26-20)16-23(2,3)31/h10-11,13,17,19,31H,4-9,12,14-16H2,1-3H3,(H,25,26,30). The first kappa shape index (κ1) is 22.8. The zero-order chi connectivity index (χ0) is 22.9. The van der Waals surface area contributed by atoms with E-state index in [1.54, 1.807) is 41.8 Å². The summed E-state index contributed by atoms with van der Waals surface area (Å²) in [5, 5.41) is 17.4. The molecule has 2 atom stereocenters. The number of hydrogen-bond donors (Lipinski definition) is 2. The molecule has 176 valence electrons. The normalized spacial score (nSPS) is 26.2. The maximum Gasteiger partial charge on any atom is 0.251 e.